The maximum absolute atomic E-state index is 13.2. The molecule has 0 radical (unpaired) electrons. The summed E-state index contributed by atoms with van der Waals surface area (Å²) in [5, 5.41) is 11.9. The molecule has 9 nitrogen and oxygen atoms in total. The summed E-state index contributed by atoms with van der Waals surface area (Å²) in [6.07, 6.45) is 0. The molecule has 0 fully saturated rings. The lowest BCUT2D eigenvalue weighted by molar-refractivity contribution is 0.174. The van der Waals surface area contributed by atoms with Crippen LogP contribution in [0.4, 0.5) is 11.5 Å². The lowest BCUT2D eigenvalue weighted by Gasteiger charge is -2.11. The molecule has 3 heterocycles. The van der Waals surface area contributed by atoms with E-state index in [2.05, 4.69) is 20.6 Å². The summed E-state index contributed by atoms with van der Waals surface area (Å²) in [5.74, 6) is 1.76. The molecule has 0 aliphatic carbocycles. The average Bonchev–Trinajstić information content (AvgIpc) is 3.47. The Kier molecular flexibility index (Phi) is 4.02. The lowest BCUT2D eigenvalue weighted by atomic mass is 10.2. The molecule has 5 aromatic rings. The predicted molar refractivity (Wildman–Crippen MR) is 116 cm³/mol. The van der Waals surface area contributed by atoms with E-state index in [9.17, 15) is 8.42 Å². The van der Waals surface area contributed by atoms with Crippen LogP contribution in [0.2, 0.25) is 0 Å². The zero-order valence-electron chi connectivity index (χ0n) is 16.5. The second-order valence-corrected chi connectivity index (χ2v) is 8.98. The van der Waals surface area contributed by atoms with Crippen LogP contribution >= 0.6 is 0 Å². The number of nitrogens with zero attached hydrogens (tertiary/aromatic N) is 4. The molecule has 0 saturated carbocycles. The van der Waals surface area contributed by atoms with Crippen LogP contribution in [0, 0.1) is 0 Å². The minimum absolute atomic E-state index is 0.127. The molecule has 1 aliphatic heterocycles. The molecule has 0 atom stereocenters. The summed E-state index contributed by atoms with van der Waals surface area (Å²) in [7, 11) is -3.91. The minimum Gasteiger partial charge on any atom is -0.454 e. The van der Waals surface area contributed by atoms with Crippen molar-refractivity contribution in [1.29, 1.82) is 0 Å². The first-order chi connectivity index (χ1) is 15.6. The number of aromatic nitrogens is 4. The molecule has 1 N–H and O–H groups in total. The van der Waals surface area contributed by atoms with E-state index in [-0.39, 0.29) is 22.4 Å². The van der Waals surface area contributed by atoms with Crippen LogP contribution in [0.5, 0.6) is 11.5 Å². The second-order valence-electron chi connectivity index (χ2n) is 7.12. The fraction of sp³-hybridized carbons (Fsp3) is 0.0455. The highest BCUT2D eigenvalue weighted by Crippen LogP contribution is 2.36. The normalized spacial score (nSPS) is 13.0. The number of fused-ring (bicyclic) bond motifs is 4. The number of ether oxygens (including phenoxy) is 2. The number of benzene rings is 3. The van der Waals surface area contributed by atoms with Crippen molar-refractivity contribution in [1.82, 2.24) is 19.8 Å². The fourth-order valence-corrected chi connectivity index (χ4v) is 4.89. The van der Waals surface area contributed by atoms with E-state index >= 15 is 0 Å². The topological polar surface area (TPSA) is 108 Å². The summed E-state index contributed by atoms with van der Waals surface area (Å²) >= 11 is 0. The third-order valence-corrected chi connectivity index (χ3v) is 6.83. The van der Waals surface area contributed by atoms with E-state index in [1.165, 1.54) is 16.6 Å². The maximum atomic E-state index is 13.2. The van der Waals surface area contributed by atoms with Crippen LogP contribution < -0.4 is 14.8 Å². The van der Waals surface area contributed by atoms with Crippen molar-refractivity contribution >= 4 is 37.9 Å². The van der Waals surface area contributed by atoms with Crippen LogP contribution in [0.1, 0.15) is 0 Å². The number of hydrogen-bond donors (Lipinski definition) is 1. The fourth-order valence-electron chi connectivity index (χ4n) is 3.64. The van der Waals surface area contributed by atoms with E-state index in [0.717, 1.165) is 11.1 Å². The van der Waals surface area contributed by atoms with E-state index in [1.54, 1.807) is 30.3 Å². The van der Waals surface area contributed by atoms with Crippen LogP contribution in [-0.4, -0.2) is 35.0 Å². The van der Waals surface area contributed by atoms with Gasteiger partial charge in [0, 0.05) is 17.1 Å². The monoisotopic (exact) mass is 445 g/mol. The summed E-state index contributed by atoms with van der Waals surface area (Å²) in [5.41, 5.74) is 1.52. The van der Waals surface area contributed by atoms with Gasteiger partial charge in [0.05, 0.1) is 10.4 Å². The van der Waals surface area contributed by atoms with Gasteiger partial charge in [-0.25, -0.2) is 13.4 Å². The Balaban J connectivity index is 1.55. The SMILES string of the molecule is O=S(=O)(c1ccccc1)c1nnn2c1nc(Nc1ccc3c(c1)OCO3)c1ccccc12. The molecule has 32 heavy (non-hydrogen) atoms. The molecule has 0 amide bonds. The number of para-hydroxylation sites is 1. The Hall–Kier alpha value is -4.18. The Morgan fingerprint density at radius 3 is 2.56 bits per heavy atom. The highest BCUT2D eigenvalue weighted by atomic mass is 32.2. The van der Waals surface area contributed by atoms with Gasteiger partial charge in [0.25, 0.3) is 0 Å². The van der Waals surface area contributed by atoms with Gasteiger partial charge >= 0.3 is 0 Å². The zero-order valence-corrected chi connectivity index (χ0v) is 17.3. The van der Waals surface area contributed by atoms with Gasteiger partial charge in [0.1, 0.15) is 5.82 Å². The van der Waals surface area contributed by atoms with Gasteiger partial charge in [-0.2, -0.15) is 4.52 Å². The molecule has 0 unspecified atom stereocenters. The summed E-state index contributed by atoms with van der Waals surface area (Å²) in [6, 6.07) is 21.0. The summed E-state index contributed by atoms with van der Waals surface area (Å²) in [4.78, 5) is 4.75. The van der Waals surface area contributed by atoms with Gasteiger partial charge < -0.3 is 14.8 Å². The molecule has 0 bridgehead atoms. The first-order valence-electron chi connectivity index (χ1n) is 9.72. The van der Waals surface area contributed by atoms with Crippen molar-refractivity contribution < 1.29 is 17.9 Å². The molecule has 6 rings (SSSR count). The Morgan fingerprint density at radius 1 is 0.906 bits per heavy atom. The number of anilines is 2. The van der Waals surface area contributed by atoms with Crippen LogP contribution in [0.25, 0.3) is 16.6 Å². The number of sulfone groups is 1. The zero-order chi connectivity index (χ0) is 21.7. The van der Waals surface area contributed by atoms with Crippen molar-refractivity contribution in [3.05, 3.63) is 72.8 Å². The molecule has 0 spiro atoms. The third kappa shape index (κ3) is 2.84. The maximum Gasteiger partial charge on any atom is 0.231 e. The quantitative estimate of drug-likeness (QED) is 0.447. The summed E-state index contributed by atoms with van der Waals surface area (Å²) in [6.45, 7) is 0.175. The second kappa shape index (κ2) is 6.92. The van der Waals surface area contributed by atoms with E-state index in [0.29, 0.717) is 22.8 Å². The van der Waals surface area contributed by atoms with Crippen molar-refractivity contribution in [2.75, 3.05) is 12.1 Å². The predicted octanol–water partition coefficient (Wildman–Crippen LogP) is 3.58. The van der Waals surface area contributed by atoms with Gasteiger partial charge in [0.15, 0.2) is 17.1 Å². The van der Waals surface area contributed by atoms with Crippen molar-refractivity contribution in [3.63, 3.8) is 0 Å². The van der Waals surface area contributed by atoms with Gasteiger partial charge in [-0.3, -0.25) is 0 Å². The van der Waals surface area contributed by atoms with Crippen LogP contribution in [-0.2, 0) is 9.84 Å². The Bertz CT molecular complexity index is 1600. The van der Waals surface area contributed by atoms with E-state index in [1.807, 2.05) is 30.3 Å². The summed E-state index contributed by atoms with van der Waals surface area (Å²) < 4.78 is 38.7. The van der Waals surface area contributed by atoms with Gasteiger partial charge in [0.2, 0.25) is 21.7 Å². The van der Waals surface area contributed by atoms with Gasteiger partial charge in [-0.1, -0.05) is 35.5 Å². The molecule has 3 aromatic carbocycles. The molecule has 2 aromatic heterocycles. The molecule has 1 aliphatic rings. The lowest BCUT2D eigenvalue weighted by Crippen LogP contribution is -2.05. The molecule has 158 valence electrons. The Labute approximate surface area is 182 Å². The molecule has 0 saturated heterocycles. The first kappa shape index (κ1) is 18.6. The van der Waals surface area contributed by atoms with Gasteiger partial charge in [-0.05, 0) is 36.4 Å². The largest absolute Gasteiger partial charge is 0.454 e. The van der Waals surface area contributed by atoms with Crippen LogP contribution in [0.3, 0.4) is 0 Å². The molecular weight excluding hydrogens is 430 g/mol. The molecule has 10 heteroatoms. The number of nitrogens with one attached hydrogen (secondary N) is 1. The van der Waals surface area contributed by atoms with Crippen molar-refractivity contribution in [3.8, 4) is 11.5 Å². The molecular formula is C22H15N5O4S. The van der Waals surface area contributed by atoms with Crippen molar-refractivity contribution in [2.45, 2.75) is 9.92 Å². The number of rotatable bonds is 4. The van der Waals surface area contributed by atoms with E-state index in [4.69, 9.17) is 9.47 Å². The van der Waals surface area contributed by atoms with Gasteiger partial charge in [-0.15, -0.1) is 5.10 Å². The third-order valence-electron chi connectivity index (χ3n) is 5.17. The van der Waals surface area contributed by atoms with Crippen molar-refractivity contribution in [2.24, 2.45) is 0 Å². The standard InChI is InChI=1S/C22H15N5O4S/c28-32(29,15-6-2-1-3-7-15)22-21-24-20(16-8-4-5-9-17(16)27(21)26-25-22)23-14-10-11-18-19(12-14)31-13-30-18/h1-12H,13H2,(H,23,24). The minimum atomic E-state index is -3.91. The first-order valence-corrected chi connectivity index (χ1v) is 11.2. The number of hydrogen-bond acceptors (Lipinski definition) is 8. The van der Waals surface area contributed by atoms with Crippen LogP contribution in [0.15, 0.2) is 82.7 Å². The highest BCUT2D eigenvalue weighted by Gasteiger charge is 2.27. The Morgan fingerprint density at radius 2 is 1.69 bits per heavy atom. The highest BCUT2D eigenvalue weighted by molar-refractivity contribution is 7.91. The van der Waals surface area contributed by atoms with E-state index < -0.39 is 9.84 Å². The smallest absolute Gasteiger partial charge is 0.231 e. The average molecular weight is 445 g/mol.